The minimum atomic E-state index is -7.26. The van der Waals surface area contributed by atoms with E-state index in [0.717, 1.165) is 32.4 Å². The van der Waals surface area contributed by atoms with Crippen molar-refractivity contribution >= 4 is 20.1 Å². The van der Waals surface area contributed by atoms with Crippen LogP contribution < -0.4 is 0 Å². The van der Waals surface area contributed by atoms with Crippen molar-refractivity contribution in [2.24, 2.45) is 0 Å². The molecule has 0 saturated carbocycles. The van der Waals surface area contributed by atoms with Crippen LogP contribution in [0.25, 0.3) is 0 Å². The topological polar surface area (TPSA) is 97.8 Å². The number of sulfonamides is 1. The Morgan fingerprint density at radius 2 is 1.21 bits per heavy atom. The molecule has 28 heavy (non-hydrogen) atoms. The van der Waals surface area contributed by atoms with E-state index in [1.807, 2.05) is 4.90 Å². The van der Waals surface area contributed by atoms with E-state index in [1.54, 1.807) is 0 Å². The molecule has 0 bridgehead atoms. The van der Waals surface area contributed by atoms with Gasteiger partial charge in [-0.1, -0.05) is 6.42 Å². The van der Waals surface area contributed by atoms with Crippen LogP contribution in [0.1, 0.15) is 32.1 Å². The van der Waals surface area contributed by atoms with Crippen molar-refractivity contribution in [2.75, 3.05) is 26.2 Å². The zero-order valence-electron chi connectivity index (χ0n) is 14.5. The second kappa shape index (κ2) is 7.56. The summed E-state index contributed by atoms with van der Waals surface area (Å²) in [4.78, 5) is 2.03. The largest absolute Gasteiger partial charge is 0.743 e. The first-order valence-corrected chi connectivity index (χ1v) is 11.2. The van der Waals surface area contributed by atoms with E-state index < -0.39 is 49.7 Å². The summed E-state index contributed by atoms with van der Waals surface area (Å²) in [5, 5.41) is -13.3. The van der Waals surface area contributed by atoms with Gasteiger partial charge in [-0.2, -0.15) is 30.6 Å². The minimum absolute atomic E-state index is 0.0249. The van der Waals surface area contributed by atoms with E-state index in [9.17, 15) is 47.7 Å². The van der Waals surface area contributed by atoms with Crippen molar-refractivity contribution in [3.63, 3.8) is 0 Å². The Morgan fingerprint density at radius 1 is 0.750 bits per heavy atom. The average molecular weight is 461 g/mol. The van der Waals surface area contributed by atoms with Gasteiger partial charge in [-0.15, -0.1) is 0 Å². The van der Waals surface area contributed by atoms with E-state index in [0.29, 0.717) is 0 Å². The summed E-state index contributed by atoms with van der Waals surface area (Å²) in [6.45, 7) is 0.203. The Labute approximate surface area is 158 Å². The molecule has 0 aromatic heterocycles. The third kappa shape index (κ3) is 3.75. The first-order chi connectivity index (χ1) is 12.6. The standard InChI is InChI=1S/C13H20F6N2O5S2/c14-11(15,13(18,19)28(24,25)26)12(16,17)27(22,23)21-8-4-10(5-9-21)20-6-2-1-3-7-20/h10H,1-9H2,(H,24,25,26)/p-1. The highest BCUT2D eigenvalue weighted by Crippen LogP contribution is 2.51. The highest BCUT2D eigenvalue weighted by Gasteiger charge is 2.80. The minimum Gasteiger partial charge on any atom is -0.743 e. The summed E-state index contributed by atoms with van der Waals surface area (Å²) in [5.74, 6) is -6.96. The van der Waals surface area contributed by atoms with E-state index in [4.69, 9.17) is 0 Å². The molecule has 0 spiro atoms. The molecule has 15 heteroatoms. The molecule has 0 unspecified atom stereocenters. The van der Waals surface area contributed by atoms with Crippen molar-refractivity contribution in [3.05, 3.63) is 0 Å². The lowest BCUT2D eigenvalue weighted by molar-refractivity contribution is -0.247. The van der Waals surface area contributed by atoms with Crippen LogP contribution in [0, 0.1) is 0 Å². The van der Waals surface area contributed by atoms with E-state index in [2.05, 4.69) is 0 Å². The molecule has 2 fully saturated rings. The van der Waals surface area contributed by atoms with Crippen molar-refractivity contribution in [1.82, 2.24) is 9.21 Å². The summed E-state index contributed by atoms with van der Waals surface area (Å²) in [6, 6.07) is -0.163. The maximum atomic E-state index is 14.0. The lowest BCUT2D eigenvalue weighted by Crippen LogP contribution is -2.64. The molecule has 0 radical (unpaired) electrons. The van der Waals surface area contributed by atoms with Gasteiger partial charge in [0.05, 0.1) is 0 Å². The third-order valence-corrected chi connectivity index (χ3v) is 7.87. The lowest BCUT2D eigenvalue weighted by atomic mass is 10.0. The van der Waals surface area contributed by atoms with Crippen LogP contribution in [0.4, 0.5) is 26.3 Å². The van der Waals surface area contributed by atoms with Gasteiger partial charge in [0.1, 0.15) is 0 Å². The van der Waals surface area contributed by atoms with Gasteiger partial charge >= 0.3 is 16.4 Å². The molecular formula is C13H19F6N2O5S2-. The number of piperidine rings is 2. The fourth-order valence-corrected chi connectivity index (χ4v) is 5.36. The van der Waals surface area contributed by atoms with Crippen LogP contribution in [-0.4, -0.2) is 79.2 Å². The average Bonchev–Trinajstić information content (AvgIpc) is 2.61. The van der Waals surface area contributed by atoms with Crippen LogP contribution in [0.3, 0.4) is 0 Å². The summed E-state index contributed by atoms with van der Waals surface area (Å²) in [7, 11) is -13.6. The number of nitrogens with zero attached hydrogens (tertiary/aromatic N) is 2. The normalized spacial score (nSPS) is 23.1. The molecule has 2 aliphatic heterocycles. The van der Waals surface area contributed by atoms with E-state index >= 15 is 0 Å². The number of rotatable bonds is 6. The van der Waals surface area contributed by atoms with Gasteiger partial charge in [0.25, 0.3) is 10.0 Å². The molecule has 2 aliphatic rings. The second-order valence-corrected chi connectivity index (χ2v) is 10.2. The van der Waals surface area contributed by atoms with Gasteiger partial charge in [-0.3, -0.25) is 0 Å². The molecule has 2 saturated heterocycles. The Morgan fingerprint density at radius 3 is 1.64 bits per heavy atom. The second-order valence-electron chi connectivity index (χ2n) is 6.79. The summed E-state index contributed by atoms with van der Waals surface area (Å²) >= 11 is 0. The first-order valence-electron chi connectivity index (χ1n) is 8.40. The van der Waals surface area contributed by atoms with E-state index in [1.165, 1.54) is 0 Å². The highest BCUT2D eigenvalue weighted by molar-refractivity contribution is 7.90. The fraction of sp³-hybridized carbons (Fsp3) is 1.00. The fourth-order valence-electron chi connectivity index (χ4n) is 3.38. The van der Waals surface area contributed by atoms with Gasteiger partial charge in [0.2, 0.25) is 0 Å². The number of halogens is 6. The molecule has 0 amide bonds. The van der Waals surface area contributed by atoms with Gasteiger partial charge in [0.15, 0.2) is 10.1 Å². The smallest absolute Gasteiger partial charge is 0.428 e. The maximum Gasteiger partial charge on any atom is 0.428 e. The van der Waals surface area contributed by atoms with Crippen LogP contribution in [0.5, 0.6) is 0 Å². The van der Waals surface area contributed by atoms with E-state index in [-0.39, 0.29) is 23.2 Å². The molecule has 2 heterocycles. The molecule has 0 aromatic carbocycles. The molecule has 0 atom stereocenters. The maximum absolute atomic E-state index is 14.0. The van der Waals surface area contributed by atoms with Gasteiger partial charge in [-0.05, 0) is 38.8 Å². The summed E-state index contributed by atoms with van der Waals surface area (Å²) < 4.78 is 136. The molecular weight excluding hydrogens is 442 g/mol. The van der Waals surface area contributed by atoms with Crippen LogP contribution in [0.15, 0.2) is 0 Å². The van der Waals surface area contributed by atoms with Crippen LogP contribution in [0.2, 0.25) is 0 Å². The third-order valence-electron chi connectivity index (χ3n) is 5.04. The van der Waals surface area contributed by atoms with Crippen LogP contribution >= 0.6 is 0 Å². The lowest BCUT2D eigenvalue weighted by Gasteiger charge is -2.41. The predicted molar refractivity (Wildman–Crippen MR) is 83.5 cm³/mol. The zero-order valence-corrected chi connectivity index (χ0v) is 16.1. The molecule has 7 nitrogen and oxygen atoms in total. The quantitative estimate of drug-likeness (QED) is 0.441. The van der Waals surface area contributed by atoms with Gasteiger partial charge in [0, 0.05) is 19.1 Å². The van der Waals surface area contributed by atoms with Crippen LogP contribution in [-0.2, 0) is 20.1 Å². The number of alkyl halides is 6. The predicted octanol–water partition coefficient (Wildman–Crippen LogP) is 1.63. The summed E-state index contributed by atoms with van der Waals surface area (Å²) in [5.41, 5.74) is 0. The number of hydrogen-bond donors (Lipinski definition) is 0. The molecule has 0 N–H and O–H groups in total. The van der Waals surface area contributed by atoms with Gasteiger partial charge < -0.3 is 9.45 Å². The van der Waals surface area contributed by atoms with Crippen molar-refractivity contribution in [1.29, 1.82) is 0 Å². The number of hydrogen-bond acceptors (Lipinski definition) is 6. The Hall–Kier alpha value is -0.640. The van der Waals surface area contributed by atoms with Crippen molar-refractivity contribution < 1.29 is 47.7 Å². The Bertz CT molecular complexity index is 775. The van der Waals surface area contributed by atoms with Gasteiger partial charge in [-0.25, -0.2) is 16.8 Å². The molecule has 166 valence electrons. The zero-order chi connectivity index (χ0) is 21.6. The monoisotopic (exact) mass is 461 g/mol. The molecule has 0 aromatic rings. The summed E-state index contributed by atoms with van der Waals surface area (Å²) in [6.07, 6.45) is 2.87. The first kappa shape index (κ1) is 23.6. The SMILES string of the molecule is O=S(=O)([O-])C(F)(F)C(F)(F)C(F)(F)S(=O)(=O)N1CCC(N2CCCCC2)CC1. The van der Waals surface area contributed by atoms with Crippen molar-refractivity contribution in [3.8, 4) is 0 Å². The Balaban J connectivity index is 2.21. The number of likely N-dealkylation sites (tertiary alicyclic amines) is 1. The van der Waals surface area contributed by atoms with Crippen molar-refractivity contribution in [2.45, 2.75) is 54.6 Å². The molecule has 0 aliphatic carbocycles. The molecule has 2 rings (SSSR count). The highest BCUT2D eigenvalue weighted by atomic mass is 32.2. The Kier molecular flexibility index (Phi) is 6.38.